The molecule has 4 rings (SSSR count). The van der Waals surface area contributed by atoms with Gasteiger partial charge in [-0.05, 0) is 31.4 Å². The van der Waals surface area contributed by atoms with Gasteiger partial charge in [-0.15, -0.1) is 11.8 Å². The van der Waals surface area contributed by atoms with Crippen LogP contribution in [0.3, 0.4) is 0 Å². The molecule has 0 unspecified atom stereocenters. The number of hydrogen-bond acceptors (Lipinski definition) is 5. The highest BCUT2D eigenvalue weighted by atomic mass is 32.2. The summed E-state index contributed by atoms with van der Waals surface area (Å²) >= 11 is 1.89. The molecular weight excluding hydrogens is 376 g/mol. The number of benzene rings is 1. The molecule has 0 bridgehead atoms. The molecule has 1 saturated heterocycles. The minimum absolute atomic E-state index is 0.151. The fourth-order valence-corrected chi connectivity index (χ4v) is 4.83. The molecule has 2 aliphatic heterocycles. The number of carbonyl (C=O) groups excluding carboxylic acids is 2. The van der Waals surface area contributed by atoms with Crippen LogP contribution >= 0.6 is 11.8 Å². The molecule has 0 spiro atoms. The van der Waals surface area contributed by atoms with E-state index in [1.165, 1.54) is 21.2 Å². The van der Waals surface area contributed by atoms with Crippen molar-refractivity contribution in [2.24, 2.45) is 0 Å². The van der Waals surface area contributed by atoms with E-state index in [1.807, 2.05) is 22.7 Å². The number of β-amino-alcohol motifs (C(OH)–C–C–N with tert-alkyl or cyclic N) is 1. The lowest BCUT2D eigenvalue weighted by Crippen LogP contribution is -2.39. The average Bonchev–Trinajstić information content (AvgIpc) is 3.06. The van der Waals surface area contributed by atoms with Crippen molar-refractivity contribution >= 4 is 23.6 Å². The zero-order valence-corrected chi connectivity index (χ0v) is 16.6. The Labute approximate surface area is 168 Å². The predicted octanol–water partition coefficient (Wildman–Crippen LogP) is 1.69. The van der Waals surface area contributed by atoms with Crippen molar-refractivity contribution in [3.63, 3.8) is 0 Å². The summed E-state index contributed by atoms with van der Waals surface area (Å²) in [6, 6.07) is 9.91. The van der Waals surface area contributed by atoms with Crippen molar-refractivity contribution in [2.75, 3.05) is 19.6 Å². The number of amides is 2. The Balaban J connectivity index is 1.39. The van der Waals surface area contributed by atoms with E-state index < -0.39 is 6.10 Å². The number of carbonyl (C=O) groups is 2. The lowest BCUT2D eigenvalue weighted by atomic mass is 10.1. The van der Waals surface area contributed by atoms with Gasteiger partial charge in [-0.1, -0.05) is 18.2 Å². The molecule has 8 heteroatoms. The molecule has 3 heterocycles. The van der Waals surface area contributed by atoms with Crippen molar-refractivity contribution in [3.05, 3.63) is 47.3 Å². The number of hydrogen-bond donors (Lipinski definition) is 2. The van der Waals surface area contributed by atoms with Crippen LogP contribution in [0.2, 0.25) is 0 Å². The zero-order valence-electron chi connectivity index (χ0n) is 15.8. The van der Waals surface area contributed by atoms with E-state index in [1.54, 1.807) is 0 Å². The van der Waals surface area contributed by atoms with Crippen LogP contribution in [0.15, 0.2) is 35.2 Å². The highest BCUT2D eigenvalue weighted by Crippen LogP contribution is 2.32. The van der Waals surface area contributed by atoms with E-state index >= 15 is 0 Å². The van der Waals surface area contributed by atoms with Gasteiger partial charge in [-0.3, -0.25) is 14.3 Å². The van der Waals surface area contributed by atoms with Gasteiger partial charge in [0.1, 0.15) is 5.69 Å². The Morgan fingerprint density at radius 1 is 1.29 bits per heavy atom. The number of aryl methyl sites for hydroxylation is 1. The van der Waals surface area contributed by atoms with Crippen LogP contribution in [0.4, 0.5) is 0 Å². The number of nitrogens with one attached hydrogen (secondary N) is 1. The molecule has 1 fully saturated rings. The maximum absolute atomic E-state index is 12.9. The first-order valence-corrected chi connectivity index (χ1v) is 10.4. The summed E-state index contributed by atoms with van der Waals surface area (Å²) in [5.74, 6) is -0.460. The Bertz CT molecular complexity index is 889. The van der Waals surface area contributed by atoms with Crippen LogP contribution in [-0.4, -0.2) is 62.6 Å². The monoisotopic (exact) mass is 400 g/mol. The number of rotatable bonds is 3. The standard InChI is InChI=1S/C20H24N4O3S/c1-13-4-2-3-5-18(13)28-15-6-8-23(9-7-15)20(27)16-10-17-19(26)21-11-14(25)12-24(17)22-16/h2-5,10,14-15,25H,6-9,11-12H2,1H3,(H,21,26)/t14-/m0/s1. The maximum Gasteiger partial charge on any atom is 0.274 e. The molecule has 148 valence electrons. The van der Waals surface area contributed by atoms with E-state index in [0.29, 0.717) is 24.0 Å². The summed E-state index contributed by atoms with van der Waals surface area (Å²) in [6.07, 6.45) is 1.15. The van der Waals surface area contributed by atoms with Gasteiger partial charge in [0.25, 0.3) is 11.8 Å². The summed E-state index contributed by atoms with van der Waals surface area (Å²) in [5.41, 5.74) is 1.88. The average molecular weight is 401 g/mol. The van der Waals surface area contributed by atoms with Gasteiger partial charge in [0.15, 0.2) is 5.69 Å². The van der Waals surface area contributed by atoms with Crippen molar-refractivity contribution in [3.8, 4) is 0 Å². The number of thioether (sulfide) groups is 1. The van der Waals surface area contributed by atoms with Crippen LogP contribution in [0, 0.1) is 6.92 Å². The van der Waals surface area contributed by atoms with Crippen molar-refractivity contribution in [1.82, 2.24) is 20.0 Å². The summed E-state index contributed by atoms with van der Waals surface area (Å²) in [7, 11) is 0. The molecule has 2 aliphatic rings. The first-order valence-electron chi connectivity index (χ1n) is 9.57. The Morgan fingerprint density at radius 3 is 2.79 bits per heavy atom. The Hall–Kier alpha value is -2.32. The summed E-state index contributed by atoms with van der Waals surface area (Å²) in [4.78, 5) is 28.1. The minimum atomic E-state index is -0.706. The molecule has 2 aromatic rings. The first kappa shape index (κ1) is 19.0. The third kappa shape index (κ3) is 3.93. The van der Waals surface area contributed by atoms with Gasteiger partial charge < -0.3 is 15.3 Å². The van der Waals surface area contributed by atoms with E-state index in [-0.39, 0.29) is 30.6 Å². The van der Waals surface area contributed by atoms with Crippen LogP contribution in [0.5, 0.6) is 0 Å². The summed E-state index contributed by atoms with van der Waals surface area (Å²) < 4.78 is 1.43. The number of aliphatic hydroxyl groups is 1. The van der Waals surface area contributed by atoms with Crippen LogP contribution < -0.4 is 5.32 Å². The van der Waals surface area contributed by atoms with Gasteiger partial charge in [-0.2, -0.15) is 5.10 Å². The third-order valence-electron chi connectivity index (χ3n) is 5.23. The summed E-state index contributed by atoms with van der Waals surface area (Å²) in [6.45, 7) is 3.88. The minimum Gasteiger partial charge on any atom is -0.389 e. The largest absolute Gasteiger partial charge is 0.389 e. The van der Waals surface area contributed by atoms with Gasteiger partial charge in [0.2, 0.25) is 0 Å². The van der Waals surface area contributed by atoms with E-state index in [2.05, 4.69) is 35.5 Å². The van der Waals surface area contributed by atoms with Gasteiger partial charge in [0, 0.05) is 35.8 Å². The molecule has 1 aromatic carbocycles. The molecule has 28 heavy (non-hydrogen) atoms. The molecular formula is C20H24N4O3S. The smallest absolute Gasteiger partial charge is 0.274 e. The second kappa shape index (κ2) is 7.97. The molecule has 2 N–H and O–H groups in total. The van der Waals surface area contributed by atoms with Crippen molar-refractivity contribution in [1.29, 1.82) is 0 Å². The Morgan fingerprint density at radius 2 is 2.04 bits per heavy atom. The predicted molar refractivity (Wildman–Crippen MR) is 107 cm³/mol. The van der Waals surface area contributed by atoms with E-state index in [0.717, 1.165) is 12.8 Å². The fraction of sp³-hybridized carbons (Fsp3) is 0.450. The van der Waals surface area contributed by atoms with Gasteiger partial charge in [-0.25, -0.2) is 0 Å². The lowest BCUT2D eigenvalue weighted by molar-refractivity contribution is 0.0719. The molecule has 7 nitrogen and oxygen atoms in total. The van der Waals surface area contributed by atoms with E-state index in [9.17, 15) is 14.7 Å². The van der Waals surface area contributed by atoms with Crippen LogP contribution in [-0.2, 0) is 6.54 Å². The highest BCUT2D eigenvalue weighted by molar-refractivity contribution is 8.00. The quantitative estimate of drug-likeness (QED) is 0.819. The normalized spacial score (nSPS) is 20.4. The second-order valence-corrected chi connectivity index (χ2v) is 8.68. The van der Waals surface area contributed by atoms with Gasteiger partial charge >= 0.3 is 0 Å². The number of piperidine rings is 1. The molecule has 2 amide bonds. The van der Waals surface area contributed by atoms with Gasteiger partial charge in [0.05, 0.1) is 12.6 Å². The number of nitrogens with zero attached hydrogens (tertiary/aromatic N) is 3. The molecule has 0 saturated carbocycles. The number of fused-ring (bicyclic) bond motifs is 1. The lowest BCUT2D eigenvalue weighted by Gasteiger charge is -2.31. The third-order valence-corrected chi connectivity index (χ3v) is 6.75. The van der Waals surface area contributed by atoms with E-state index in [4.69, 9.17) is 0 Å². The number of aliphatic hydroxyl groups excluding tert-OH is 1. The highest BCUT2D eigenvalue weighted by Gasteiger charge is 2.29. The second-order valence-electron chi connectivity index (χ2n) is 7.34. The molecule has 1 aromatic heterocycles. The molecule has 1 atom stereocenters. The molecule has 0 aliphatic carbocycles. The first-order chi connectivity index (χ1) is 13.5. The van der Waals surface area contributed by atoms with Crippen LogP contribution in [0.1, 0.15) is 39.4 Å². The van der Waals surface area contributed by atoms with Crippen molar-refractivity contribution in [2.45, 2.75) is 42.6 Å². The topological polar surface area (TPSA) is 87.5 Å². The Kier molecular flexibility index (Phi) is 5.41. The number of likely N-dealkylation sites (tertiary alicyclic amines) is 1. The SMILES string of the molecule is Cc1ccccc1SC1CCN(C(=O)c2cc3n(n2)C[C@@H](O)CNC3=O)CC1. The molecule has 0 radical (unpaired) electrons. The van der Waals surface area contributed by atoms with Crippen molar-refractivity contribution < 1.29 is 14.7 Å². The van der Waals surface area contributed by atoms with Crippen LogP contribution in [0.25, 0.3) is 0 Å². The fourth-order valence-electron chi connectivity index (χ4n) is 3.62. The number of aromatic nitrogens is 2. The maximum atomic E-state index is 12.9. The zero-order chi connectivity index (χ0) is 19.7. The summed E-state index contributed by atoms with van der Waals surface area (Å²) in [5, 5.41) is 17.3.